The van der Waals surface area contributed by atoms with Gasteiger partial charge in [-0.3, -0.25) is 9.59 Å². The van der Waals surface area contributed by atoms with Crippen molar-refractivity contribution in [2.45, 2.75) is 45.8 Å². The number of hydrogen-bond acceptors (Lipinski definition) is 3. The van der Waals surface area contributed by atoms with Crippen LogP contribution in [0.3, 0.4) is 0 Å². The maximum atomic E-state index is 13.0. The molecule has 0 aliphatic rings. The van der Waals surface area contributed by atoms with Gasteiger partial charge in [0.25, 0.3) is 5.91 Å². The van der Waals surface area contributed by atoms with Crippen LogP contribution in [0.15, 0.2) is 48.5 Å². The molecular formula is C22H26ClIN2O3. The molecule has 1 unspecified atom stereocenters. The van der Waals surface area contributed by atoms with Crippen molar-refractivity contribution in [3.8, 4) is 5.75 Å². The number of ether oxygens (including phenoxy) is 1. The van der Waals surface area contributed by atoms with Gasteiger partial charge >= 0.3 is 0 Å². The second kappa shape index (κ2) is 10.3. The summed E-state index contributed by atoms with van der Waals surface area (Å²) in [6, 6.07) is 14.0. The van der Waals surface area contributed by atoms with Gasteiger partial charge in [0.05, 0.1) is 0 Å². The minimum atomic E-state index is -0.666. The molecule has 5 nitrogen and oxygen atoms in total. The van der Waals surface area contributed by atoms with Crippen molar-refractivity contribution in [2.24, 2.45) is 0 Å². The average molecular weight is 529 g/mol. The lowest BCUT2D eigenvalue weighted by Gasteiger charge is -2.31. The Balaban J connectivity index is 2.16. The number of halogens is 2. The third-order valence-electron chi connectivity index (χ3n) is 4.08. The van der Waals surface area contributed by atoms with E-state index in [9.17, 15) is 9.59 Å². The smallest absolute Gasteiger partial charge is 0.261 e. The first-order valence-electron chi connectivity index (χ1n) is 9.29. The van der Waals surface area contributed by atoms with Crippen molar-refractivity contribution < 1.29 is 14.3 Å². The highest BCUT2D eigenvalue weighted by Crippen LogP contribution is 2.17. The van der Waals surface area contributed by atoms with Crippen LogP contribution in [0.2, 0.25) is 5.02 Å². The Bertz CT molecular complexity index is 850. The van der Waals surface area contributed by atoms with E-state index in [2.05, 4.69) is 27.9 Å². The van der Waals surface area contributed by atoms with Crippen LogP contribution < -0.4 is 10.1 Å². The predicted octanol–water partition coefficient (Wildman–Crippen LogP) is 4.66. The second-order valence-electron chi connectivity index (χ2n) is 7.81. The topological polar surface area (TPSA) is 58.6 Å². The number of nitrogens with one attached hydrogen (secondary N) is 1. The van der Waals surface area contributed by atoms with Crippen molar-refractivity contribution in [2.75, 3.05) is 6.61 Å². The van der Waals surface area contributed by atoms with E-state index in [1.165, 1.54) is 4.90 Å². The molecule has 2 amide bonds. The van der Waals surface area contributed by atoms with E-state index < -0.39 is 11.6 Å². The van der Waals surface area contributed by atoms with Gasteiger partial charge in [-0.25, -0.2) is 0 Å². The maximum Gasteiger partial charge on any atom is 0.261 e. The van der Waals surface area contributed by atoms with Crippen molar-refractivity contribution >= 4 is 46.0 Å². The molecule has 156 valence electrons. The summed E-state index contributed by atoms with van der Waals surface area (Å²) < 4.78 is 6.72. The Morgan fingerprint density at radius 2 is 1.83 bits per heavy atom. The van der Waals surface area contributed by atoms with Crippen molar-refractivity contribution in [3.05, 3.63) is 62.7 Å². The van der Waals surface area contributed by atoms with E-state index in [-0.39, 0.29) is 25.0 Å². The third kappa shape index (κ3) is 7.85. The summed E-state index contributed by atoms with van der Waals surface area (Å²) in [5, 5.41) is 3.51. The number of rotatable bonds is 7. The fraction of sp³-hybridized carbons (Fsp3) is 0.364. The molecule has 7 heteroatoms. The summed E-state index contributed by atoms with van der Waals surface area (Å²) in [6.07, 6.45) is 0. The zero-order chi connectivity index (χ0) is 21.6. The molecule has 0 aliphatic carbocycles. The molecule has 2 rings (SSSR count). The van der Waals surface area contributed by atoms with Gasteiger partial charge in [-0.2, -0.15) is 0 Å². The SMILES string of the molecule is CC(C(=O)NC(C)(C)C)N(Cc1cccc(Cl)c1)C(=O)COc1ccc(I)cc1. The van der Waals surface area contributed by atoms with Crippen molar-refractivity contribution in [1.29, 1.82) is 0 Å². The number of carbonyl (C=O) groups is 2. The molecule has 0 spiro atoms. The Morgan fingerprint density at radius 3 is 2.41 bits per heavy atom. The normalized spacial score (nSPS) is 12.2. The molecule has 0 radical (unpaired) electrons. The average Bonchev–Trinajstić information content (AvgIpc) is 2.63. The van der Waals surface area contributed by atoms with E-state index in [1.54, 1.807) is 19.1 Å². The fourth-order valence-corrected chi connectivity index (χ4v) is 3.22. The second-order valence-corrected chi connectivity index (χ2v) is 9.49. The Labute approximate surface area is 190 Å². The molecule has 0 bridgehead atoms. The van der Waals surface area contributed by atoms with Gasteiger partial charge in [0.15, 0.2) is 6.61 Å². The fourth-order valence-electron chi connectivity index (χ4n) is 2.65. The van der Waals surface area contributed by atoms with Gasteiger partial charge in [-0.1, -0.05) is 23.7 Å². The Kier molecular flexibility index (Phi) is 8.34. The van der Waals surface area contributed by atoms with Crippen LogP contribution in [0.1, 0.15) is 33.3 Å². The van der Waals surface area contributed by atoms with E-state index in [1.807, 2.05) is 57.2 Å². The van der Waals surface area contributed by atoms with Gasteiger partial charge in [-0.15, -0.1) is 0 Å². The van der Waals surface area contributed by atoms with E-state index >= 15 is 0 Å². The highest BCUT2D eigenvalue weighted by molar-refractivity contribution is 14.1. The lowest BCUT2D eigenvalue weighted by atomic mass is 10.1. The number of amides is 2. The van der Waals surface area contributed by atoms with Crippen molar-refractivity contribution in [3.63, 3.8) is 0 Å². The number of benzene rings is 2. The lowest BCUT2D eigenvalue weighted by molar-refractivity contribution is -0.142. The van der Waals surface area contributed by atoms with Crippen LogP contribution in [0.5, 0.6) is 5.75 Å². The van der Waals surface area contributed by atoms with Crippen LogP contribution in [0, 0.1) is 3.57 Å². The summed E-state index contributed by atoms with van der Waals surface area (Å²) in [6.45, 7) is 7.53. The van der Waals surface area contributed by atoms with E-state index in [4.69, 9.17) is 16.3 Å². The molecule has 0 aliphatic heterocycles. The lowest BCUT2D eigenvalue weighted by Crippen LogP contribution is -2.53. The summed E-state index contributed by atoms with van der Waals surface area (Å²) >= 11 is 8.29. The third-order valence-corrected chi connectivity index (χ3v) is 5.04. The summed E-state index contributed by atoms with van der Waals surface area (Å²) in [4.78, 5) is 27.2. The number of carbonyl (C=O) groups excluding carboxylic acids is 2. The first-order chi connectivity index (χ1) is 13.5. The molecule has 1 N–H and O–H groups in total. The molecule has 0 heterocycles. The number of hydrogen-bond donors (Lipinski definition) is 1. The van der Waals surface area contributed by atoms with Crippen molar-refractivity contribution in [1.82, 2.24) is 10.2 Å². The zero-order valence-corrected chi connectivity index (χ0v) is 20.0. The molecule has 0 saturated carbocycles. The maximum absolute atomic E-state index is 13.0. The van der Waals surface area contributed by atoms with Gasteiger partial charge < -0.3 is 15.0 Å². The summed E-state index contributed by atoms with van der Waals surface area (Å²) in [7, 11) is 0. The van der Waals surface area contributed by atoms with Crippen LogP contribution in [0.4, 0.5) is 0 Å². The van der Waals surface area contributed by atoms with Crippen LogP contribution in [-0.2, 0) is 16.1 Å². The minimum absolute atomic E-state index is 0.158. The van der Waals surface area contributed by atoms with Crippen LogP contribution in [-0.4, -0.2) is 34.9 Å². The first kappa shape index (κ1) is 23.5. The molecule has 2 aromatic rings. The highest BCUT2D eigenvalue weighted by Gasteiger charge is 2.28. The van der Waals surface area contributed by atoms with Crippen LogP contribution in [0.25, 0.3) is 0 Å². The summed E-state index contributed by atoms with van der Waals surface area (Å²) in [5.41, 5.74) is 0.448. The highest BCUT2D eigenvalue weighted by atomic mass is 127. The van der Waals surface area contributed by atoms with Gasteiger partial charge in [0.1, 0.15) is 11.8 Å². The molecule has 0 saturated heterocycles. The first-order valence-corrected chi connectivity index (χ1v) is 10.7. The molecule has 29 heavy (non-hydrogen) atoms. The Morgan fingerprint density at radius 1 is 1.17 bits per heavy atom. The van der Waals surface area contributed by atoms with Gasteiger partial charge in [0, 0.05) is 20.7 Å². The monoisotopic (exact) mass is 528 g/mol. The van der Waals surface area contributed by atoms with Gasteiger partial charge in [-0.05, 0) is 92.2 Å². The summed E-state index contributed by atoms with van der Waals surface area (Å²) in [5.74, 6) is 0.107. The largest absolute Gasteiger partial charge is 0.484 e. The van der Waals surface area contributed by atoms with E-state index in [0.717, 1.165) is 9.13 Å². The molecule has 0 fully saturated rings. The molecule has 0 aromatic heterocycles. The quantitative estimate of drug-likeness (QED) is 0.532. The predicted molar refractivity (Wildman–Crippen MR) is 124 cm³/mol. The molecular weight excluding hydrogens is 503 g/mol. The number of nitrogens with zero attached hydrogens (tertiary/aromatic N) is 1. The zero-order valence-electron chi connectivity index (χ0n) is 17.0. The minimum Gasteiger partial charge on any atom is -0.484 e. The van der Waals surface area contributed by atoms with E-state index in [0.29, 0.717) is 10.8 Å². The van der Waals surface area contributed by atoms with Gasteiger partial charge in [0.2, 0.25) is 5.91 Å². The molecule has 2 aromatic carbocycles. The Hall–Kier alpha value is -1.80. The standard InChI is InChI=1S/C22H26ClIN2O3/c1-15(21(28)25-22(2,3)4)26(13-16-6-5-7-17(23)12-16)20(27)14-29-19-10-8-18(24)9-11-19/h5-12,15H,13-14H2,1-4H3,(H,25,28). The molecule has 1 atom stereocenters. The van der Waals surface area contributed by atoms with Crippen LogP contribution >= 0.6 is 34.2 Å².